The van der Waals surface area contributed by atoms with Gasteiger partial charge in [-0.3, -0.25) is 37.3 Å². The van der Waals surface area contributed by atoms with Crippen LogP contribution < -0.4 is 0 Å². The Morgan fingerprint density at radius 1 is 0.330 bits per heavy atom. The van der Waals surface area contributed by atoms with E-state index in [9.17, 15) is 43.2 Å². The molecule has 6 atom stereocenters. The van der Waals surface area contributed by atoms with Crippen LogP contribution in [0, 0.1) is 11.8 Å². The molecule has 0 spiro atoms. The van der Waals surface area contributed by atoms with Crippen LogP contribution in [0.1, 0.15) is 350 Å². The van der Waals surface area contributed by atoms with Crippen LogP contribution in [0.5, 0.6) is 0 Å². The van der Waals surface area contributed by atoms with Crippen molar-refractivity contribution in [2.24, 2.45) is 11.8 Å². The molecule has 0 aromatic rings. The molecule has 0 rings (SSSR count). The third-order valence-electron chi connectivity index (χ3n) is 16.3. The number of phosphoric ester groups is 2. The zero-order valence-electron chi connectivity index (χ0n) is 57.0. The van der Waals surface area contributed by atoms with Gasteiger partial charge in [-0.15, -0.1) is 0 Å². The number of aliphatic hydroxyl groups excluding tert-OH is 1. The van der Waals surface area contributed by atoms with Crippen LogP contribution in [0.3, 0.4) is 0 Å². The molecule has 0 heterocycles. The minimum atomic E-state index is -4.95. The second-order valence-corrected chi connectivity index (χ2v) is 28.5. The van der Waals surface area contributed by atoms with Crippen molar-refractivity contribution in [2.75, 3.05) is 39.6 Å². The summed E-state index contributed by atoms with van der Waals surface area (Å²) < 4.78 is 68.2. The van der Waals surface area contributed by atoms with Crippen molar-refractivity contribution in [2.45, 2.75) is 368 Å². The van der Waals surface area contributed by atoms with E-state index in [2.05, 4.69) is 41.5 Å². The van der Waals surface area contributed by atoms with Crippen LogP contribution in [0.2, 0.25) is 0 Å². The highest BCUT2D eigenvalue weighted by Crippen LogP contribution is 2.45. The minimum absolute atomic E-state index is 0.106. The molecule has 0 amide bonds. The van der Waals surface area contributed by atoms with Gasteiger partial charge in [0.15, 0.2) is 12.2 Å². The zero-order valence-corrected chi connectivity index (χ0v) is 58.8. The fourth-order valence-electron chi connectivity index (χ4n) is 10.4. The molecule has 19 heteroatoms. The summed E-state index contributed by atoms with van der Waals surface area (Å²) in [5, 5.41) is 10.6. The number of ether oxygens (including phenoxy) is 4. The van der Waals surface area contributed by atoms with E-state index in [1.807, 2.05) is 0 Å². The summed E-state index contributed by atoms with van der Waals surface area (Å²) in [6, 6.07) is 0. The predicted molar refractivity (Wildman–Crippen MR) is 354 cm³/mol. The number of rotatable bonds is 68. The average molecular weight is 1300 g/mol. The summed E-state index contributed by atoms with van der Waals surface area (Å²) in [7, 11) is -9.90. The van der Waals surface area contributed by atoms with Gasteiger partial charge in [0.25, 0.3) is 0 Å². The Labute approximate surface area is 537 Å². The van der Waals surface area contributed by atoms with Crippen molar-refractivity contribution in [3.63, 3.8) is 0 Å². The highest BCUT2D eigenvalue weighted by atomic mass is 31.2. The molecular formula is C69H134O17P2. The summed E-state index contributed by atoms with van der Waals surface area (Å²) in [5.41, 5.74) is 0. The predicted octanol–water partition coefficient (Wildman–Crippen LogP) is 19.6. The molecule has 522 valence electrons. The first-order valence-electron chi connectivity index (χ1n) is 36.0. The van der Waals surface area contributed by atoms with E-state index in [4.69, 9.17) is 37.0 Å². The quantitative estimate of drug-likeness (QED) is 0.0222. The first-order valence-corrected chi connectivity index (χ1v) is 39.0. The smallest absolute Gasteiger partial charge is 0.462 e. The van der Waals surface area contributed by atoms with Crippen LogP contribution in [0.4, 0.5) is 0 Å². The molecule has 17 nitrogen and oxygen atoms in total. The van der Waals surface area contributed by atoms with Crippen molar-refractivity contribution >= 4 is 39.5 Å². The number of carbonyl (C=O) groups excluding carboxylic acids is 4. The summed E-state index contributed by atoms with van der Waals surface area (Å²) in [6.45, 7) is 9.49. The average Bonchev–Trinajstić information content (AvgIpc) is 3.69. The number of carbonyl (C=O) groups is 4. The van der Waals surface area contributed by atoms with E-state index in [-0.39, 0.29) is 25.7 Å². The monoisotopic (exact) mass is 1300 g/mol. The normalized spacial score (nSPS) is 14.5. The van der Waals surface area contributed by atoms with Crippen molar-refractivity contribution in [3.05, 3.63) is 0 Å². The lowest BCUT2D eigenvalue weighted by molar-refractivity contribution is -0.161. The molecular weight excluding hydrogens is 1160 g/mol. The van der Waals surface area contributed by atoms with Crippen LogP contribution in [0.15, 0.2) is 0 Å². The maximum atomic E-state index is 13.0. The van der Waals surface area contributed by atoms with Crippen LogP contribution in [-0.4, -0.2) is 96.7 Å². The van der Waals surface area contributed by atoms with Crippen molar-refractivity contribution in [3.8, 4) is 0 Å². The van der Waals surface area contributed by atoms with Gasteiger partial charge in [0, 0.05) is 25.7 Å². The van der Waals surface area contributed by atoms with Gasteiger partial charge in [0.1, 0.15) is 19.3 Å². The Hall–Kier alpha value is -1.94. The Balaban J connectivity index is 5.25. The Bertz CT molecular complexity index is 1720. The van der Waals surface area contributed by atoms with Gasteiger partial charge in [-0.05, 0) is 37.5 Å². The van der Waals surface area contributed by atoms with Gasteiger partial charge in [-0.25, -0.2) is 9.13 Å². The van der Waals surface area contributed by atoms with Gasteiger partial charge in [-0.1, -0.05) is 298 Å². The molecule has 3 unspecified atom stereocenters. The van der Waals surface area contributed by atoms with Gasteiger partial charge in [0.05, 0.1) is 26.4 Å². The van der Waals surface area contributed by atoms with E-state index in [0.717, 1.165) is 108 Å². The van der Waals surface area contributed by atoms with Gasteiger partial charge < -0.3 is 33.8 Å². The molecule has 0 aliphatic carbocycles. The molecule has 0 bridgehead atoms. The van der Waals surface area contributed by atoms with E-state index in [1.54, 1.807) is 0 Å². The fraction of sp³-hybridized carbons (Fsp3) is 0.942. The topological polar surface area (TPSA) is 237 Å². The Kier molecular flexibility index (Phi) is 59.9. The van der Waals surface area contributed by atoms with Crippen molar-refractivity contribution in [1.29, 1.82) is 0 Å². The highest BCUT2D eigenvalue weighted by molar-refractivity contribution is 7.47. The summed E-state index contributed by atoms with van der Waals surface area (Å²) in [6.07, 6.45) is 45.7. The number of hydrogen-bond acceptors (Lipinski definition) is 15. The van der Waals surface area contributed by atoms with Crippen LogP contribution in [-0.2, 0) is 65.4 Å². The number of unbranched alkanes of at least 4 members (excludes halogenated alkanes) is 37. The molecule has 0 saturated heterocycles. The molecule has 88 heavy (non-hydrogen) atoms. The minimum Gasteiger partial charge on any atom is -0.462 e. The number of aliphatic hydroxyl groups is 1. The maximum Gasteiger partial charge on any atom is 0.472 e. The SMILES string of the molecule is CCCCCCCCCCCCCCCCC(=O)O[C@H](COC(=O)CCCCCCCCCCCCC(C)C)COP(=O)(O)OC[C@@H](O)COP(=O)(O)OC[C@@H](COC(=O)CCCCCCCCC(C)CC)OC(=O)CCCCCCCCCCCCC. The largest absolute Gasteiger partial charge is 0.472 e. The molecule has 0 radical (unpaired) electrons. The number of hydrogen-bond donors (Lipinski definition) is 3. The van der Waals surface area contributed by atoms with Gasteiger partial charge >= 0.3 is 39.5 Å². The fourth-order valence-corrected chi connectivity index (χ4v) is 12.0. The van der Waals surface area contributed by atoms with Crippen LogP contribution >= 0.6 is 15.6 Å². The second-order valence-electron chi connectivity index (χ2n) is 25.6. The lowest BCUT2D eigenvalue weighted by atomic mass is 10.00. The van der Waals surface area contributed by atoms with Gasteiger partial charge in [0.2, 0.25) is 0 Å². The summed E-state index contributed by atoms with van der Waals surface area (Å²) in [5.74, 6) is -0.635. The number of phosphoric acid groups is 2. The Morgan fingerprint density at radius 3 is 0.864 bits per heavy atom. The second kappa shape index (κ2) is 61.3. The molecule has 0 saturated carbocycles. The maximum absolute atomic E-state index is 13.0. The Morgan fingerprint density at radius 2 is 0.580 bits per heavy atom. The third kappa shape index (κ3) is 61.6. The first kappa shape index (κ1) is 86.1. The first-order chi connectivity index (χ1) is 42.4. The highest BCUT2D eigenvalue weighted by Gasteiger charge is 2.30. The standard InChI is InChI=1S/C69H134O17P2/c1-7-10-12-14-16-18-20-21-22-24-30-34-42-48-54-69(74)85-64(57-79-66(71)51-45-39-32-28-26-25-27-31-37-43-49-61(4)5)59-83-87(75,76)81-55-63(70)56-82-88(77,78)84-60-65(58-80-67(72)52-46-40-36-35-38-44-50-62(6)9-3)86-68(73)53-47-41-33-29-23-19-17-15-13-11-8-2/h61-65,70H,7-60H2,1-6H3,(H,75,76)(H,77,78)/t62?,63-,64-,65-/m1/s1. The van der Waals surface area contributed by atoms with Crippen molar-refractivity contribution < 1.29 is 80.2 Å². The van der Waals surface area contributed by atoms with Crippen LogP contribution in [0.25, 0.3) is 0 Å². The lowest BCUT2D eigenvalue weighted by Gasteiger charge is -2.21. The third-order valence-corrected chi connectivity index (χ3v) is 18.2. The molecule has 0 aromatic heterocycles. The number of esters is 4. The molecule has 0 aliphatic heterocycles. The molecule has 0 fully saturated rings. The van der Waals surface area contributed by atoms with E-state index in [1.165, 1.54) is 161 Å². The zero-order chi connectivity index (χ0) is 65.0. The molecule has 0 aromatic carbocycles. The van der Waals surface area contributed by atoms with Crippen molar-refractivity contribution in [1.82, 2.24) is 0 Å². The summed E-state index contributed by atoms with van der Waals surface area (Å²) >= 11 is 0. The lowest BCUT2D eigenvalue weighted by Crippen LogP contribution is -2.30. The van der Waals surface area contributed by atoms with E-state index in [0.29, 0.717) is 25.7 Å². The van der Waals surface area contributed by atoms with E-state index >= 15 is 0 Å². The van der Waals surface area contributed by atoms with E-state index < -0.39 is 97.5 Å². The van der Waals surface area contributed by atoms with Gasteiger partial charge in [-0.2, -0.15) is 0 Å². The summed E-state index contributed by atoms with van der Waals surface area (Å²) in [4.78, 5) is 72.5. The molecule has 0 aliphatic rings. The molecule has 3 N–H and O–H groups in total.